The van der Waals surface area contributed by atoms with E-state index in [0.29, 0.717) is 34.0 Å². The first-order chi connectivity index (χ1) is 22.0. The highest BCUT2D eigenvalue weighted by atomic mass is 32.2. The van der Waals surface area contributed by atoms with Crippen molar-refractivity contribution >= 4 is 34.8 Å². The van der Waals surface area contributed by atoms with E-state index < -0.39 is 36.1 Å². The zero-order valence-electron chi connectivity index (χ0n) is 25.4. The molecule has 0 saturated heterocycles. The number of hydrogen-bond acceptors (Lipinski definition) is 6. The number of benzene rings is 3. The largest absolute Gasteiger partial charge is 0.482 e. The number of carboxylic acids is 1. The summed E-state index contributed by atoms with van der Waals surface area (Å²) in [5.41, 5.74) is 8.28. The number of carbonyl (C=O) groups is 1. The van der Waals surface area contributed by atoms with Gasteiger partial charge in [0.05, 0.1) is 16.8 Å². The predicted octanol–water partition coefficient (Wildman–Crippen LogP) is 10.1. The van der Waals surface area contributed by atoms with E-state index in [1.54, 1.807) is 25.1 Å². The van der Waals surface area contributed by atoms with Gasteiger partial charge >= 0.3 is 18.3 Å². The molecule has 13 heteroatoms. The maximum Gasteiger partial charge on any atom is 0.416 e. The van der Waals surface area contributed by atoms with Gasteiger partial charge in [0.15, 0.2) is 6.61 Å². The van der Waals surface area contributed by atoms with Gasteiger partial charge in [0, 0.05) is 26.3 Å². The van der Waals surface area contributed by atoms with Crippen molar-refractivity contribution in [2.75, 3.05) is 6.61 Å². The molecule has 248 valence electrons. The molecular weight excluding hydrogens is 663 g/mol. The van der Waals surface area contributed by atoms with Crippen LogP contribution in [0, 0.1) is 13.8 Å². The fourth-order valence-corrected chi connectivity index (χ4v) is 7.21. The SMILES string of the molecule is C/C(=C\C=C(/N)c1ccc(C(F)(F)F)cc1)CC(Sc1ccc(OCC(=O)O)c(C)c1)c1sc(-c2ccc(C(F)(F)F)cc2)nc1C. The molecule has 1 heterocycles. The molecule has 0 spiro atoms. The minimum atomic E-state index is -4.45. The summed E-state index contributed by atoms with van der Waals surface area (Å²) in [4.78, 5) is 17.4. The lowest BCUT2D eigenvalue weighted by Crippen LogP contribution is -2.10. The van der Waals surface area contributed by atoms with Crippen molar-refractivity contribution in [3.63, 3.8) is 0 Å². The lowest BCUT2D eigenvalue weighted by molar-refractivity contribution is -0.139. The van der Waals surface area contributed by atoms with E-state index >= 15 is 0 Å². The molecule has 0 fully saturated rings. The summed E-state index contributed by atoms with van der Waals surface area (Å²) in [6.45, 7) is 5.06. The molecule has 0 saturated carbocycles. The lowest BCUT2D eigenvalue weighted by atomic mass is 10.1. The highest BCUT2D eigenvalue weighted by molar-refractivity contribution is 7.99. The minimum absolute atomic E-state index is 0.196. The number of aryl methyl sites for hydroxylation is 2. The van der Waals surface area contributed by atoms with E-state index in [2.05, 4.69) is 4.98 Å². The molecule has 0 radical (unpaired) electrons. The van der Waals surface area contributed by atoms with Gasteiger partial charge in [-0.3, -0.25) is 0 Å². The van der Waals surface area contributed by atoms with Crippen LogP contribution < -0.4 is 10.5 Å². The summed E-state index contributed by atoms with van der Waals surface area (Å²) in [7, 11) is 0. The Hall–Kier alpha value is -4.23. The molecule has 0 aliphatic rings. The van der Waals surface area contributed by atoms with Crippen LogP contribution in [0.2, 0.25) is 0 Å². The average molecular weight is 693 g/mol. The van der Waals surface area contributed by atoms with E-state index in [1.807, 2.05) is 26.0 Å². The van der Waals surface area contributed by atoms with Crippen molar-refractivity contribution in [3.05, 3.63) is 117 Å². The number of nitrogens with two attached hydrogens (primary N) is 1. The maximum atomic E-state index is 13.1. The highest BCUT2D eigenvalue weighted by Gasteiger charge is 2.31. The molecule has 0 aliphatic carbocycles. The first-order valence-electron chi connectivity index (χ1n) is 14.1. The Morgan fingerprint density at radius 3 is 2.11 bits per heavy atom. The molecule has 0 aliphatic heterocycles. The number of thiazole rings is 1. The zero-order valence-corrected chi connectivity index (χ0v) is 27.0. The third-order valence-corrected chi connectivity index (χ3v) is 9.64. The van der Waals surface area contributed by atoms with Crippen LogP contribution in [0.25, 0.3) is 16.3 Å². The molecule has 4 rings (SSSR count). The monoisotopic (exact) mass is 692 g/mol. The molecule has 3 aromatic carbocycles. The molecule has 5 nitrogen and oxygen atoms in total. The van der Waals surface area contributed by atoms with Crippen molar-refractivity contribution in [2.45, 2.75) is 49.7 Å². The Morgan fingerprint density at radius 2 is 1.55 bits per heavy atom. The van der Waals surface area contributed by atoms with Crippen LogP contribution >= 0.6 is 23.1 Å². The number of halogens is 6. The average Bonchev–Trinajstić information content (AvgIpc) is 3.39. The molecule has 0 amide bonds. The van der Waals surface area contributed by atoms with Gasteiger partial charge < -0.3 is 15.6 Å². The van der Waals surface area contributed by atoms with Gasteiger partial charge in [-0.25, -0.2) is 9.78 Å². The van der Waals surface area contributed by atoms with E-state index in [-0.39, 0.29) is 10.9 Å². The van der Waals surface area contributed by atoms with E-state index in [1.165, 1.54) is 47.4 Å². The van der Waals surface area contributed by atoms with Gasteiger partial charge in [0.1, 0.15) is 10.8 Å². The van der Waals surface area contributed by atoms with Gasteiger partial charge in [-0.2, -0.15) is 26.3 Å². The quantitative estimate of drug-likeness (QED) is 0.0925. The van der Waals surface area contributed by atoms with Gasteiger partial charge in [-0.15, -0.1) is 23.1 Å². The van der Waals surface area contributed by atoms with Crippen molar-refractivity contribution < 1.29 is 41.0 Å². The fourth-order valence-electron chi connectivity index (χ4n) is 4.52. The molecule has 4 aromatic rings. The van der Waals surface area contributed by atoms with Crippen molar-refractivity contribution in [2.24, 2.45) is 5.73 Å². The van der Waals surface area contributed by atoms with Crippen LogP contribution in [0.3, 0.4) is 0 Å². The third kappa shape index (κ3) is 9.64. The van der Waals surface area contributed by atoms with Crippen LogP contribution in [0.5, 0.6) is 5.75 Å². The first-order valence-corrected chi connectivity index (χ1v) is 15.8. The Balaban J connectivity index is 1.63. The summed E-state index contributed by atoms with van der Waals surface area (Å²) in [6, 6.07) is 14.8. The minimum Gasteiger partial charge on any atom is -0.482 e. The molecule has 47 heavy (non-hydrogen) atoms. The number of allylic oxidation sites excluding steroid dienone is 3. The number of nitrogens with zero attached hydrogens (tertiary/aromatic N) is 1. The molecule has 1 atom stereocenters. The normalized spacial score (nSPS) is 13.5. The van der Waals surface area contributed by atoms with Gasteiger partial charge in [-0.1, -0.05) is 35.9 Å². The number of carboxylic acid groups (broad SMARTS) is 1. The number of alkyl halides is 6. The van der Waals surface area contributed by atoms with Gasteiger partial charge in [0.2, 0.25) is 0 Å². The third-order valence-electron chi connectivity index (χ3n) is 6.96. The fraction of sp³-hybridized carbons (Fsp3) is 0.235. The maximum absolute atomic E-state index is 13.1. The standard InChI is InChI=1S/C34H30F6N2O3S2/c1-19(4-14-27(41)22-5-9-24(10-6-22)33(35,36)37)16-29(46-26-13-15-28(20(2)17-26)45-18-30(43)44)31-21(3)42-32(47-31)23-7-11-25(12-8-23)34(38,39)40/h4-15,17,29H,16,18,41H2,1-3H3,(H,43,44)/b19-4+,27-14-. The van der Waals surface area contributed by atoms with Gasteiger partial charge in [0.25, 0.3) is 0 Å². The predicted molar refractivity (Wildman–Crippen MR) is 172 cm³/mol. The number of ether oxygens (including phenoxy) is 1. The van der Waals surface area contributed by atoms with E-state index in [4.69, 9.17) is 15.6 Å². The summed E-state index contributed by atoms with van der Waals surface area (Å²) in [5, 5.41) is 9.32. The summed E-state index contributed by atoms with van der Waals surface area (Å²) >= 11 is 2.91. The summed E-state index contributed by atoms with van der Waals surface area (Å²) < 4.78 is 83.6. The van der Waals surface area contributed by atoms with Crippen LogP contribution in [0.1, 0.15) is 51.4 Å². The second-order valence-corrected chi connectivity index (χ2v) is 13.0. The van der Waals surface area contributed by atoms with Crippen molar-refractivity contribution in [1.29, 1.82) is 0 Å². The summed E-state index contributed by atoms with van der Waals surface area (Å²) in [5.74, 6) is -0.658. The first kappa shape index (κ1) is 35.6. The van der Waals surface area contributed by atoms with Crippen LogP contribution in [-0.2, 0) is 17.1 Å². The Labute approximate surface area is 275 Å². The number of thioether (sulfide) groups is 1. The molecule has 1 aromatic heterocycles. The van der Waals surface area contributed by atoms with Crippen molar-refractivity contribution in [3.8, 4) is 16.3 Å². The molecule has 0 bridgehead atoms. The smallest absolute Gasteiger partial charge is 0.416 e. The molecule has 3 N–H and O–H groups in total. The number of aliphatic carboxylic acids is 1. The second kappa shape index (κ2) is 14.7. The number of aromatic nitrogens is 1. The van der Waals surface area contributed by atoms with Crippen LogP contribution in [-0.4, -0.2) is 22.7 Å². The lowest BCUT2D eigenvalue weighted by Gasteiger charge is -2.17. The van der Waals surface area contributed by atoms with Crippen molar-refractivity contribution in [1.82, 2.24) is 4.98 Å². The van der Waals surface area contributed by atoms with E-state index in [0.717, 1.165) is 45.2 Å². The Kier molecular flexibility index (Phi) is 11.1. The molecule has 1 unspecified atom stereocenters. The topological polar surface area (TPSA) is 85.4 Å². The zero-order chi connectivity index (χ0) is 34.5. The molecular formula is C34H30F6N2O3S2. The van der Waals surface area contributed by atoms with Crippen LogP contribution in [0.4, 0.5) is 26.3 Å². The van der Waals surface area contributed by atoms with Crippen LogP contribution in [0.15, 0.2) is 89.4 Å². The highest BCUT2D eigenvalue weighted by Crippen LogP contribution is 2.46. The Bertz CT molecular complexity index is 1780. The van der Waals surface area contributed by atoms with Gasteiger partial charge in [-0.05, 0) is 86.9 Å². The van der Waals surface area contributed by atoms with E-state index in [9.17, 15) is 31.1 Å². The summed E-state index contributed by atoms with van der Waals surface area (Å²) in [6.07, 6.45) is -4.98. The second-order valence-electron chi connectivity index (χ2n) is 10.7. The number of hydrogen-bond donors (Lipinski definition) is 2. The number of rotatable bonds is 11. The Morgan fingerprint density at radius 1 is 0.957 bits per heavy atom.